The highest BCUT2D eigenvalue weighted by molar-refractivity contribution is 7.12. The fourth-order valence-corrected chi connectivity index (χ4v) is 2.77. The monoisotopic (exact) mass is 319 g/mol. The molecule has 0 aliphatic rings. The van der Waals surface area contributed by atoms with Crippen LogP contribution in [0.5, 0.6) is 0 Å². The molecule has 1 aromatic carbocycles. The molecule has 0 aliphatic carbocycles. The van der Waals surface area contributed by atoms with Crippen molar-refractivity contribution in [2.75, 3.05) is 11.9 Å². The maximum Gasteiger partial charge on any atom is 0.267 e. The molecule has 0 atom stereocenters. The van der Waals surface area contributed by atoms with Crippen molar-refractivity contribution >= 4 is 34.5 Å². The van der Waals surface area contributed by atoms with E-state index >= 15 is 0 Å². The largest absolute Gasteiger partial charge is 0.395 e. The van der Waals surface area contributed by atoms with Crippen molar-refractivity contribution in [2.45, 2.75) is 13.3 Å². The van der Waals surface area contributed by atoms with Gasteiger partial charge in [-0.2, -0.15) is 0 Å². The first-order valence-electron chi connectivity index (χ1n) is 6.36. The number of carbonyl (C=O) groups is 1. The maximum absolute atomic E-state index is 12.1. The Bertz CT molecular complexity index is 713. The number of carbonyl (C=O) groups excluding carboxylic acids is 1. The number of aryl methyl sites for hydroxylation is 1. The maximum atomic E-state index is 12.1. The van der Waals surface area contributed by atoms with Crippen LogP contribution in [0.3, 0.4) is 0 Å². The predicted octanol–water partition coefficient (Wildman–Crippen LogP) is 3.70. The van der Waals surface area contributed by atoms with Gasteiger partial charge < -0.3 is 10.4 Å². The van der Waals surface area contributed by atoms with Gasteiger partial charge in [0.2, 0.25) is 0 Å². The first-order chi connectivity index (χ1) is 10.1. The minimum absolute atomic E-state index is 0.0573. The Balaban J connectivity index is 2.12. The third-order valence-corrected chi connectivity index (χ3v) is 4.11. The zero-order valence-electron chi connectivity index (χ0n) is 11.4. The van der Waals surface area contributed by atoms with E-state index in [0.717, 1.165) is 11.1 Å². The van der Waals surface area contributed by atoms with Crippen LogP contribution >= 0.6 is 22.9 Å². The summed E-state index contributed by atoms with van der Waals surface area (Å²) in [6.07, 6.45) is 0.453. The summed E-state index contributed by atoms with van der Waals surface area (Å²) in [5, 5.41) is 13.8. The van der Waals surface area contributed by atoms with Crippen molar-refractivity contribution in [1.82, 2.24) is 0 Å². The van der Waals surface area contributed by atoms with Crippen LogP contribution in [0.1, 0.15) is 27.2 Å². The lowest BCUT2D eigenvalue weighted by molar-refractivity contribution is 0.103. The fraction of sp³-hybridized carbons (Fsp3) is 0.188. The Hall–Kier alpha value is -1.80. The van der Waals surface area contributed by atoms with Gasteiger partial charge in [-0.05, 0) is 42.1 Å². The van der Waals surface area contributed by atoms with Crippen molar-refractivity contribution in [3.8, 4) is 11.8 Å². The molecule has 0 saturated carbocycles. The van der Waals surface area contributed by atoms with Gasteiger partial charge >= 0.3 is 0 Å². The van der Waals surface area contributed by atoms with Gasteiger partial charge in [-0.3, -0.25) is 4.79 Å². The molecule has 0 aliphatic heterocycles. The lowest BCUT2D eigenvalue weighted by Crippen LogP contribution is -2.10. The molecule has 0 saturated heterocycles. The van der Waals surface area contributed by atoms with Gasteiger partial charge in [0.1, 0.15) is 4.88 Å². The van der Waals surface area contributed by atoms with E-state index in [2.05, 4.69) is 17.2 Å². The average Bonchev–Trinajstić information content (AvgIpc) is 2.88. The predicted molar refractivity (Wildman–Crippen MR) is 87.0 cm³/mol. The molecule has 3 nitrogen and oxygen atoms in total. The quantitative estimate of drug-likeness (QED) is 0.848. The molecule has 1 heterocycles. The van der Waals surface area contributed by atoms with E-state index < -0.39 is 0 Å². The fourth-order valence-electron chi connectivity index (χ4n) is 1.74. The molecule has 0 bridgehead atoms. The van der Waals surface area contributed by atoms with Crippen molar-refractivity contribution in [1.29, 1.82) is 0 Å². The number of aliphatic hydroxyl groups is 1. The van der Waals surface area contributed by atoms with Gasteiger partial charge in [0.05, 0.1) is 11.6 Å². The number of amides is 1. The second kappa shape index (κ2) is 7.28. The molecule has 21 heavy (non-hydrogen) atoms. The molecule has 2 rings (SSSR count). The number of hydrogen-bond donors (Lipinski definition) is 2. The average molecular weight is 320 g/mol. The lowest BCUT2D eigenvalue weighted by atomic mass is 10.1. The van der Waals surface area contributed by atoms with E-state index in [1.165, 1.54) is 11.3 Å². The molecule has 2 N–H and O–H groups in total. The van der Waals surface area contributed by atoms with Crippen LogP contribution in [0.25, 0.3) is 0 Å². The topological polar surface area (TPSA) is 49.3 Å². The van der Waals surface area contributed by atoms with Gasteiger partial charge in [-0.15, -0.1) is 11.3 Å². The summed E-state index contributed by atoms with van der Waals surface area (Å²) in [6, 6.07) is 7.22. The second-order valence-electron chi connectivity index (χ2n) is 4.36. The molecule has 1 amide bonds. The van der Waals surface area contributed by atoms with Crippen LogP contribution in [0.4, 0.5) is 5.69 Å². The number of aliphatic hydroxyl groups excluding tert-OH is 1. The summed E-state index contributed by atoms with van der Waals surface area (Å²) < 4.78 is 0. The number of anilines is 1. The normalized spacial score (nSPS) is 9.86. The van der Waals surface area contributed by atoms with Gasteiger partial charge in [-0.25, -0.2) is 0 Å². The molecular weight excluding hydrogens is 306 g/mol. The Morgan fingerprint density at radius 3 is 2.86 bits per heavy atom. The molecule has 0 unspecified atom stereocenters. The van der Waals surface area contributed by atoms with Crippen LogP contribution in [-0.4, -0.2) is 17.6 Å². The first kappa shape index (κ1) is 15.6. The van der Waals surface area contributed by atoms with Crippen LogP contribution in [0, 0.1) is 18.8 Å². The number of halogens is 1. The van der Waals surface area contributed by atoms with Gasteiger partial charge in [0.25, 0.3) is 5.91 Å². The summed E-state index contributed by atoms with van der Waals surface area (Å²) in [5.74, 6) is 5.65. The van der Waals surface area contributed by atoms with Gasteiger partial charge in [-0.1, -0.05) is 23.4 Å². The lowest BCUT2D eigenvalue weighted by Gasteiger charge is -2.06. The molecule has 5 heteroatoms. The minimum Gasteiger partial charge on any atom is -0.395 e. The van der Waals surface area contributed by atoms with Crippen LogP contribution in [-0.2, 0) is 0 Å². The molecule has 1 aromatic heterocycles. The Morgan fingerprint density at radius 1 is 1.43 bits per heavy atom. The smallest absolute Gasteiger partial charge is 0.267 e. The Kier molecular flexibility index (Phi) is 5.40. The number of benzene rings is 1. The highest BCUT2D eigenvalue weighted by Gasteiger charge is 2.12. The molecule has 0 fully saturated rings. The zero-order chi connectivity index (χ0) is 15.2. The summed E-state index contributed by atoms with van der Waals surface area (Å²) in [5.41, 5.74) is 2.56. The van der Waals surface area contributed by atoms with E-state index in [1.807, 2.05) is 19.1 Å². The van der Waals surface area contributed by atoms with Gasteiger partial charge in [0.15, 0.2) is 0 Å². The SMILES string of the molecule is Cc1cc(NC(=O)c2sccc2Cl)ccc1C#CCCO. The molecule has 108 valence electrons. The van der Waals surface area contributed by atoms with E-state index in [-0.39, 0.29) is 12.5 Å². The molecule has 2 aromatic rings. The van der Waals surface area contributed by atoms with Crippen molar-refractivity contribution in [2.24, 2.45) is 0 Å². The second-order valence-corrected chi connectivity index (χ2v) is 5.68. The standard InChI is InChI=1S/C16H14ClNO2S/c1-11-10-13(6-5-12(11)4-2-3-8-19)18-16(20)15-14(17)7-9-21-15/h5-7,9-10,19H,3,8H2,1H3,(H,18,20). The van der Waals surface area contributed by atoms with Gasteiger partial charge in [0, 0.05) is 17.7 Å². The molecule has 0 radical (unpaired) electrons. The summed E-state index contributed by atoms with van der Waals surface area (Å²) in [7, 11) is 0. The highest BCUT2D eigenvalue weighted by Crippen LogP contribution is 2.23. The van der Waals surface area contributed by atoms with Crippen molar-refractivity contribution in [3.63, 3.8) is 0 Å². The van der Waals surface area contributed by atoms with Crippen molar-refractivity contribution in [3.05, 3.63) is 50.7 Å². The summed E-state index contributed by atoms with van der Waals surface area (Å²) in [4.78, 5) is 12.6. The van der Waals surface area contributed by atoms with E-state index in [1.54, 1.807) is 17.5 Å². The van der Waals surface area contributed by atoms with Crippen LogP contribution < -0.4 is 5.32 Å². The van der Waals surface area contributed by atoms with Crippen LogP contribution in [0.2, 0.25) is 5.02 Å². The van der Waals surface area contributed by atoms with Crippen molar-refractivity contribution < 1.29 is 9.90 Å². The number of hydrogen-bond acceptors (Lipinski definition) is 3. The Labute approximate surface area is 132 Å². The van der Waals surface area contributed by atoms with E-state index in [0.29, 0.717) is 22.0 Å². The zero-order valence-corrected chi connectivity index (χ0v) is 13.0. The minimum atomic E-state index is -0.214. The third-order valence-electron chi connectivity index (χ3n) is 2.77. The van der Waals surface area contributed by atoms with E-state index in [9.17, 15) is 4.79 Å². The summed E-state index contributed by atoms with van der Waals surface area (Å²) in [6.45, 7) is 1.98. The number of thiophene rings is 1. The first-order valence-corrected chi connectivity index (χ1v) is 7.62. The van der Waals surface area contributed by atoms with Crippen LogP contribution in [0.15, 0.2) is 29.6 Å². The third kappa shape index (κ3) is 4.08. The summed E-state index contributed by atoms with van der Waals surface area (Å²) >= 11 is 7.25. The van der Waals surface area contributed by atoms with E-state index in [4.69, 9.17) is 16.7 Å². The number of rotatable bonds is 3. The highest BCUT2D eigenvalue weighted by atomic mass is 35.5. The Morgan fingerprint density at radius 2 is 2.24 bits per heavy atom. The number of nitrogens with one attached hydrogen (secondary N) is 1. The molecular formula is C16H14ClNO2S. The molecule has 0 spiro atoms.